The third-order valence-electron chi connectivity index (χ3n) is 8.29. The molecule has 0 spiro atoms. The summed E-state index contributed by atoms with van der Waals surface area (Å²) in [6, 6.07) is 13.6. The third-order valence-corrected chi connectivity index (χ3v) is 8.29. The first-order valence-corrected chi connectivity index (χ1v) is 15.1. The standard InChI is InChI=1S/C33H35F3N4O5/c1-2-3-10-28(41)26(18-21-11-12-21)31(42)37-30-32(43)39(20-22-7-6-17-38(44)19-22)27-9-5-4-8-25(27)29(40(30)45)23-13-15-24(16-14-23)33(34,35)36/h4-9,13-17,19,21,26,28,30,41H,2-3,10-12,18,20H2,1H3,(H,37,42)/t26-,28+,30?/m1/s1. The highest BCUT2D eigenvalue weighted by Crippen LogP contribution is 2.37. The van der Waals surface area contributed by atoms with Gasteiger partial charge in [-0.2, -0.15) is 22.6 Å². The van der Waals surface area contributed by atoms with Crippen LogP contribution in [0.15, 0.2) is 73.1 Å². The van der Waals surface area contributed by atoms with E-state index in [0.29, 0.717) is 34.3 Å². The summed E-state index contributed by atoms with van der Waals surface area (Å²) in [5, 5.41) is 39.9. The number of carbonyl (C=O) groups excluding carboxylic acids is 2. The van der Waals surface area contributed by atoms with Crippen molar-refractivity contribution in [1.29, 1.82) is 0 Å². The zero-order chi connectivity index (χ0) is 32.3. The Labute approximate surface area is 258 Å². The Hall–Kier alpha value is -4.45. The van der Waals surface area contributed by atoms with Crippen LogP contribution in [-0.4, -0.2) is 39.6 Å². The van der Waals surface area contributed by atoms with Crippen molar-refractivity contribution < 1.29 is 37.3 Å². The Balaban J connectivity index is 1.61. The summed E-state index contributed by atoms with van der Waals surface area (Å²) < 4.78 is 41.0. The Morgan fingerprint density at radius 3 is 2.44 bits per heavy atom. The van der Waals surface area contributed by atoms with Crippen LogP contribution in [0.5, 0.6) is 0 Å². The Bertz CT molecular complexity index is 1570. The molecule has 0 bridgehead atoms. The number of fused-ring (bicyclic) bond motifs is 1. The molecule has 2 amide bonds. The zero-order valence-electron chi connectivity index (χ0n) is 24.7. The van der Waals surface area contributed by atoms with E-state index in [0.717, 1.165) is 43.5 Å². The third kappa shape index (κ3) is 7.28. The second kappa shape index (κ2) is 13.3. The Kier molecular flexibility index (Phi) is 9.42. The van der Waals surface area contributed by atoms with Crippen molar-refractivity contribution in [3.8, 4) is 0 Å². The van der Waals surface area contributed by atoms with E-state index in [4.69, 9.17) is 0 Å². The number of nitrogens with zero attached hydrogens (tertiary/aromatic N) is 3. The number of carbonyl (C=O) groups is 2. The van der Waals surface area contributed by atoms with E-state index in [1.807, 2.05) is 6.92 Å². The van der Waals surface area contributed by atoms with Crippen molar-refractivity contribution in [2.75, 3.05) is 4.90 Å². The minimum Gasteiger partial charge on any atom is -0.621 e. The van der Waals surface area contributed by atoms with Crippen molar-refractivity contribution in [3.63, 3.8) is 0 Å². The van der Waals surface area contributed by atoms with Crippen LogP contribution < -0.4 is 14.9 Å². The topological polar surface area (TPSA) is 123 Å². The van der Waals surface area contributed by atoms with Gasteiger partial charge in [-0.05, 0) is 61.2 Å². The summed E-state index contributed by atoms with van der Waals surface area (Å²) in [6.45, 7) is 1.83. The minimum absolute atomic E-state index is 0.106. The molecule has 2 aromatic carbocycles. The maximum atomic E-state index is 14.3. The van der Waals surface area contributed by atoms with Crippen molar-refractivity contribution in [2.45, 2.75) is 70.4 Å². The van der Waals surface area contributed by atoms with Crippen LogP contribution in [0.1, 0.15) is 67.7 Å². The maximum Gasteiger partial charge on any atom is 0.416 e. The van der Waals surface area contributed by atoms with Gasteiger partial charge in [0.05, 0.1) is 35.4 Å². The molecule has 9 nitrogen and oxygen atoms in total. The molecule has 2 aliphatic rings. The number of alkyl halides is 3. The van der Waals surface area contributed by atoms with Gasteiger partial charge in [-0.1, -0.05) is 44.7 Å². The summed E-state index contributed by atoms with van der Waals surface area (Å²) in [5.74, 6) is -2.05. The lowest BCUT2D eigenvalue weighted by molar-refractivity contribution is -0.605. The molecule has 3 atom stereocenters. The van der Waals surface area contributed by atoms with Gasteiger partial charge >= 0.3 is 18.2 Å². The van der Waals surface area contributed by atoms with E-state index < -0.39 is 41.7 Å². The number of hydrogen-bond acceptors (Lipinski definition) is 5. The number of pyridine rings is 1. The van der Waals surface area contributed by atoms with E-state index in [1.54, 1.807) is 30.3 Å². The quantitative estimate of drug-likeness (QED) is 0.238. The van der Waals surface area contributed by atoms with E-state index in [9.17, 15) is 38.3 Å². The molecule has 0 radical (unpaired) electrons. The molecule has 2 heterocycles. The summed E-state index contributed by atoms with van der Waals surface area (Å²) >= 11 is 0. The van der Waals surface area contributed by atoms with E-state index in [-0.39, 0.29) is 35.0 Å². The number of hydroxylamine groups is 1. The van der Waals surface area contributed by atoms with Gasteiger partial charge in [0.1, 0.15) is 0 Å². The number of anilines is 1. The normalized spacial score (nSPS) is 18.3. The van der Waals surface area contributed by atoms with Crippen LogP contribution >= 0.6 is 0 Å². The molecule has 1 fully saturated rings. The van der Waals surface area contributed by atoms with Crippen LogP contribution in [0.3, 0.4) is 0 Å². The molecular formula is C33H35F3N4O5. The van der Waals surface area contributed by atoms with E-state index in [1.165, 1.54) is 23.4 Å². The first-order valence-electron chi connectivity index (χ1n) is 15.1. The molecular weight excluding hydrogens is 589 g/mol. The smallest absolute Gasteiger partial charge is 0.416 e. The summed E-state index contributed by atoms with van der Waals surface area (Å²) in [4.78, 5) is 29.3. The number of halogens is 3. The molecule has 1 unspecified atom stereocenters. The second-order valence-electron chi connectivity index (χ2n) is 11.7. The van der Waals surface area contributed by atoms with E-state index in [2.05, 4.69) is 5.32 Å². The lowest BCUT2D eigenvalue weighted by Crippen LogP contribution is -2.55. The summed E-state index contributed by atoms with van der Waals surface area (Å²) in [5.41, 5.74) is 0.0479. The largest absolute Gasteiger partial charge is 0.621 e. The number of aliphatic hydroxyl groups excluding tert-OH is 1. The highest BCUT2D eigenvalue weighted by molar-refractivity contribution is 6.17. The molecule has 5 rings (SSSR count). The number of nitrogens with one attached hydrogen (secondary N) is 1. The van der Waals surface area contributed by atoms with Gasteiger partial charge in [-0.25, -0.2) is 0 Å². The molecule has 1 aliphatic heterocycles. The molecule has 45 heavy (non-hydrogen) atoms. The van der Waals surface area contributed by atoms with Gasteiger partial charge in [-0.3, -0.25) is 19.8 Å². The van der Waals surface area contributed by atoms with Gasteiger partial charge in [0.25, 0.3) is 0 Å². The number of unbranched alkanes of at least 4 members (excludes halogenated alkanes) is 1. The van der Waals surface area contributed by atoms with Crippen LogP contribution in [0.4, 0.5) is 18.9 Å². The zero-order valence-corrected chi connectivity index (χ0v) is 24.7. The van der Waals surface area contributed by atoms with Crippen LogP contribution in [0, 0.1) is 22.3 Å². The fourth-order valence-electron chi connectivity index (χ4n) is 5.69. The van der Waals surface area contributed by atoms with Crippen molar-refractivity contribution in [1.82, 2.24) is 5.32 Å². The van der Waals surface area contributed by atoms with Crippen LogP contribution in [0.25, 0.3) is 0 Å². The molecule has 3 aromatic rings. The highest BCUT2D eigenvalue weighted by Gasteiger charge is 2.43. The first-order chi connectivity index (χ1) is 21.5. The van der Waals surface area contributed by atoms with Crippen LogP contribution in [-0.2, 0) is 22.3 Å². The molecule has 1 saturated carbocycles. The fourth-order valence-corrected chi connectivity index (χ4v) is 5.69. The average molecular weight is 625 g/mol. The number of amides is 2. The Morgan fingerprint density at radius 1 is 1.09 bits per heavy atom. The molecule has 0 saturated heterocycles. The summed E-state index contributed by atoms with van der Waals surface area (Å²) in [6.07, 6.45) is -0.700. The van der Waals surface area contributed by atoms with Gasteiger partial charge in [-0.15, -0.1) is 0 Å². The minimum atomic E-state index is -4.60. The molecule has 12 heteroatoms. The second-order valence-corrected chi connectivity index (χ2v) is 11.7. The monoisotopic (exact) mass is 624 g/mol. The maximum absolute atomic E-state index is 14.3. The van der Waals surface area contributed by atoms with Crippen LogP contribution in [0.2, 0.25) is 0 Å². The number of aliphatic hydroxyl groups is 1. The van der Waals surface area contributed by atoms with Gasteiger partial charge in [0.2, 0.25) is 11.6 Å². The number of para-hydroxylation sites is 1. The predicted molar refractivity (Wildman–Crippen MR) is 160 cm³/mol. The molecule has 2 N–H and O–H groups in total. The number of rotatable bonds is 11. The number of hydrogen-bond donors (Lipinski definition) is 2. The van der Waals surface area contributed by atoms with Crippen molar-refractivity contribution >= 4 is 23.2 Å². The lowest BCUT2D eigenvalue weighted by atomic mass is 9.91. The van der Waals surface area contributed by atoms with Gasteiger partial charge in [0.15, 0.2) is 12.4 Å². The highest BCUT2D eigenvalue weighted by atomic mass is 19.4. The molecule has 1 aliphatic carbocycles. The average Bonchev–Trinajstić information content (AvgIpc) is 3.84. The number of benzodiazepines with no additional fused rings is 1. The van der Waals surface area contributed by atoms with Crippen molar-refractivity contribution in [2.24, 2.45) is 11.8 Å². The lowest BCUT2D eigenvalue weighted by Gasteiger charge is -2.27. The summed E-state index contributed by atoms with van der Waals surface area (Å²) in [7, 11) is 0. The molecule has 238 valence electrons. The first kappa shape index (κ1) is 32.0. The SMILES string of the molecule is CCCC[C@H](O)[C@@H](CC1CC1)C(=O)NC1C(=O)N(Cc2ccc[n+]([O-])c2)c2ccccc2C(c2ccc(C(F)(F)F)cc2)=[N+]1[O-]. The number of benzene rings is 2. The van der Waals surface area contributed by atoms with Gasteiger partial charge < -0.3 is 15.5 Å². The number of aromatic nitrogens is 1. The van der Waals surface area contributed by atoms with Gasteiger partial charge in [0, 0.05) is 17.2 Å². The van der Waals surface area contributed by atoms with E-state index >= 15 is 0 Å². The molecule has 1 aromatic heterocycles. The Morgan fingerprint density at radius 2 is 1.80 bits per heavy atom. The predicted octanol–water partition coefficient (Wildman–Crippen LogP) is 4.64. The van der Waals surface area contributed by atoms with Crippen molar-refractivity contribution in [3.05, 3.63) is 106 Å². The fraction of sp³-hybridized carbons (Fsp3) is 0.394.